The maximum atomic E-state index is 11.6. The Labute approximate surface area is 127 Å². The molecule has 19 heavy (non-hydrogen) atoms. The zero-order valence-electron chi connectivity index (χ0n) is 11.2. The fourth-order valence-corrected chi connectivity index (χ4v) is 3.57. The average Bonchev–Trinajstić information content (AvgIpc) is 2.30. The molecular formula is C13H18BrClO3S. The van der Waals surface area contributed by atoms with Crippen LogP contribution in [-0.2, 0) is 9.05 Å². The number of benzene rings is 1. The lowest BCUT2D eigenvalue weighted by Gasteiger charge is -2.17. The summed E-state index contributed by atoms with van der Waals surface area (Å²) < 4.78 is 29.6. The van der Waals surface area contributed by atoms with Crippen LogP contribution >= 0.6 is 26.6 Å². The summed E-state index contributed by atoms with van der Waals surface area (Å²) in [5, 5.41) is 0. The van der Waals surface area contributed by atoms with Gasteiger partial charge in [-0.15, -0.1) is 0 Å². The Kier molecular flexibility index (Phi) is 6.15. The van der Waals surface area contributed by atoms with E-state index >= 15 is 0 Å². The van der Waals surface area contributed by atoms with Gasteiger partial charge in [-0.3, -0.25) is 0 Å². The monoisotopic (exact) mass is 368 g/mol. The van der Waals surface area contributed by atoms with Gasteiger partial charge in [0.05, 0.1) is 6.61 Å². The molecule has 0 saturated carbocycles. The van der Waals surface area contributed by atoms with E-state index in [1.54, 1.807) is 6.92 Å². The number of hydrogen-bond donors (Lipinski definition) is 0. The van der Waals surface area contributed by atoms with Gasteiger partial charge in [-0.1, -0.05) is 42.6 Å². The first-order chi connectivity index (χ1) is 8.79. The largest absolute Gasteiger partial charge is 0.492 e. The predicted molar refractivity (Wildman–Crippen MR) is 81.5 cm³/mol. The number of aryl methyl sites for hydroxylation is 1. The Morgan fingerprint density at radius 2 is 1.89 bits per heavy atom. The summed E-state index contributed by atoms with van der Waals surface area (Å²) in [6.07, 6.45) is 1.99. The Morgan fingerprint density at radius 3 is 2.37 bits per heavy atom. The van der Waals surface area contributed by atoms with Crippen molar-refractivity contribution in [1.82, 2.24) is 0 Å². The quantitative estimate of drug-likeness (QED) is 0.693. The van der Waals surface area contributed by atoms with Crippen LogP contribution in [0.1, 0.15) is 32.3 Å². The Balaban J connectivity index is 3.12. The standard InChI is InChI=1S/C13H18BrClO3S/c1-4-10(5-2)8-18-13-9(3)6-11(14)7-12(13)19(15,16)17/h6-7,10H,4-5,8H2,1-3H3. The summed E-state index contributed by atoms with van der Waals surface area (Å²) in [6.45, 7) is 6.48. The van der Waals surface area contributed by atoms with Crippen LogP contribution in [0.3, 0.4) is 0 Å². The molecule has 0 spiro atoms. The first-order valence-corrected chi connectivity index (χ1v) is 9.27. The molecule has 0 aliphatic rings. The van der Waals surface area contributed by atoms with Crippen LogP contribution in [0.15, 0.2) is 21.5 Å². The summed E-state index contributed by atoms with van der Waals surface area (Å²) in [5.41, 5.74) is 0.750. The molecule has 0 unspecified atom stereocenters. The van der Waals surface area contributed by atoms with Gasteiger partial charge in [0.2, 0.25) is 0 Å². The molecule has 0 saturated heterocycles. The third-order valence-electron chi connectivity index (χ3n) is 3.09. The SMILES string of the molecule is CCC(CC)COc1c(C)cc(Br)cc1S(=O)(=O)Cl. The van der Waals surface area contributed by atoms with Crippen molar-refractivity contribution in [1.29, 1.82) is 0 Å². The van der Waals surface area contributed by atoms with Gasteiger partial charge in [-0.05, 0) is 30.5 Å². The van der Waals surface area contributed by atoms with E-state index in [9.17, 15) is 8.42 Å². The van der Waals surface area contributed by atoms with Crippen molar-refractivity contribution in [2.24, 2.45) is 5.92 Å². The van der Waals surface area contributed by atoms with Crippen molar-refractivity contribution >= 4 is 35.7 Å². The van der Waals surface area contributed by atoms with E-state index in [1.807, 2.05) is 6.07 Å². The summed E-state index contributed by atoms with van der Waals surface area (Å²) in [4.78, 5) is 0.0204. The molecule has 0 N–H and O–H groups in total. The highest BCUT2D eigenvalue weighted by Crippen LogP contribution is 2.34. The third kappa shape index (κ3) is 4.65. The van der Waals surface area contributed by atoms with Crippen molar-refractivity contribution < 1.29 is 13.2 Å². The summed E-state index contributed by atoms with van der Waals surface area (Å²) in [5.74, 6) is 0.763. The molecule has 1 aromatic rings. The van der Waals surface area contributed by atoms with Gasteiger partial charge < -0.3 is 4.74 Å². The van der Waals surface area contributed by atoms with E-state index in [0.717, 1.165) is 18.4 Å². The third-order valence-corrected chi connectivity index (χ3v) is 4.87. The van der Waals surface area contributed by atoms with Crippen LogP contribution in [0, 0.1) is 12.8 Å². The molecule has 0 aliphatic carbocycles. The lowest BCUT2D eigenvalue weighted by molar-refractivity contribution is 0.234. The molecule has 3 nitrogen and oxygen atoms in total. The van der Waals surface area contributed by atoms with Crippen molar-refractivity contribution in [3.8, 4) is 5.75 Å². The topological polar surface area (TPSA) is 43.4 Å². The highest BCUT2D eigenvalue weighted by molar-refractivity contribution is 9.10. The van der Waals surface area contributed by atoms with Gasteiger partial charge in [-0.2, -0.15) is 0 Å². The molecule has 0 bridgehead atoms. The van der Waals surface area contributed by atoms with Gasteiger partial charge in [0.15, 0.2) is 0 Å². The van der Waals surface area contributed by atoms with Crippen molar-refractivity contribution in [2.45, 2.75) is 38.5 Å². The van der Waals surface area contributed by atoms with E-state index < -0.39 is 9.05 Å². The van der Waals surface area contributed by atoms with Crippen molar-refractivity contribution in [3.05, 3.63) is 22.2 Å². The van der Waals surface area contributed by atoms with E-state index in [0.29, 0.717) is 22.7 Å². The van der Waals surface area contributed by atoms with Crippen LogP contribution in [0.25, 0.3) is 0 Å². The minimum Gasteiger partial charge on any atom is -0.492 e. The Hall–Kier alpha value is -0.260. The highest BCUT2D eigenvalue weighted by Gasteiger charge is 2.20. The first-order valence-electron chi connectivity index (χ1n) is 6.17. The number of hydrogen-bond acceptors (Lipinski definition) is 3. The molecule has 6 heteroatoms. The van der Waals surface area contributed by atoms with E-state index in [-0.39, 0.29) is 4.90 Å². The normalized spacial score (nSPS) is 11.9. The maximum absolute atomic E-state index is 11.6. The molecule has 0 heterocycles. The molecule has 0 aromatic heterocycles. The molecule has 0 radical (unpaired) electrons. The highest BCUT2D eigenvalue weighted by atomic mass is 79.9. The zero-order chi connectivity index (χ0) is 14.6. The smallest absolute Gasteiger partial charge is 0.265 e. The van der Waals surface area contributed by atoms with Crippen LogP contribution in [0.2, 0.25) is 0 Å². The second-order valence-electron chi connectivity index (χ2n) is 4.48. The van der Waals surface area contributed by atoms with Gasteiger partial charge in [0.25, 0.3) is 9.05 Å². The fraction of sp³-hybridized carbons (Fsp3) is 0.538. The maximum Gasteiger partial charge on any atom is 0.265 e. The number of rotatable bonds is 6. The van der Waals surface area contributed by atoms with Crippen LogP contribution < -0.4 is 4.74 Å². The van der Waals surface area contributed by atoms with E-state index in [4.69, 9.17) is 15.4 Å². The van der Waals surface area contributed by atoms with Crippen LogP contribution in [0.5, 0.6) is 5.75 Å². The predicted octanol–water partition coefficient (Wildman–Crippen LogP) is 4.50. The van der Waals surface area contributed by atoms with Crippen LogP contribution in [0.4, 0.5) is 0 Å². The molecule has 1 aromatic carbocycles. The van der Waals surface area contributed by atoms with E-state index in [2.05, 4.69) is 29.8 Å². The molecule has 108 valence electrons. The Morgan fingerprint density at radius 1 is 1.32 bits per heavy atom. The minimum atomic E-state index is -3.82. The second kappa shape index (κ2) is 6.95. The first kappa shape index (κ1) is 16.8. The summed E-state index contributed by atoms with van der Waals surface area (Å²) in [7, 11) is 1.64. The van der Waals surface area contributed by atoms with Gasteiger partial charge in [0.1, 0.15) is 10.6 Å². The van der Waals surface area contributed by atoms with Gasteiger partial charge in [0, 0.05) is 15.2 Å². The lowest BCUT2D eigenvalue weighted by atomic mass is 10.1. The molecule has 0 fully saturated rings. The fourth-order valence-electron chi connectivity index (χ4n) is 1.79. The zero-order valence-corrected chi connectivity index (χ0v) is 14.4. The second-order valence-corrected chi connectivity index (χ2v) is 7.93. The van der Waals surface area contributed by atoms with Crippen molar-refractivity contribution in [3.63, 3.8) is 0 Å². The Bertz CT molecular complexity index is 539. The molecule has 0 atom stereocenters. The molecule has 1 rings (SSSR count). The number of ether oxygens (including phenoxy) is 1. The number of halogens is 2. The summed E-state index contributed by atoms with van der Waals surface area (Å²) >= 11 is 3.27. The minimum absolute atomic E-state index is 0.0204. The lowest BCUT2D eigenvalue weighted by Crippen LogP contribution is -2.12. The summed E-state index contributed by atoms with van der Waals surface area (Å²) in [6, 6.07) is 3.28. The van der Waals surface area contributed by atoms with E-state index in [1.165, 1.54) is 6.07 Å². The van der Waals surface area contributed by atoms with Gasteiger partial charge >= 0.3 is 0 Å². The van der Waals surface area contributed by atoms with Crippen LogP contribution in [-0.4, -0.2) is 15.0 Å². The van der Waals surface area contributed by atoms with Gasteiger partial charge in [-0.25, -0.2) is 8.42 Å². The van der Waals surface area contributed by atoms with Crippen molar-refractivity contribution in [2.75, 3.05) is 6.61 Å². The molecule has 0 aliphatic heterocycles. The molecular weight excluding hydrogens is 352 g/mol. The average molecular weight is 370 g/mol. The molecule has 0 amide bonds.